The fourth-order valence-electron chi connectivity index (χ4n) is 9.36. The Balaban J connectivity index is 1.03. The van der Waals surface area contributed by atoms with E-state index in [1.165, 1.54) is 33.0 Å². The van der Waals surface area contributed by atoms with Crippen molar-refractivity contribution in [2.75, 3.05) is 0 Å². The third kappa shape index (κ3) is 4.44. The van der Waals surface area contributed by atoms with Crippen LogP contribution in [0.3, 0.4) is 0 Å². The molecule has 5 nitrogen and oxygen atoms in total. The first kappa shape index (κ1) is 31.3. The van der Waals surface area contributed by atoms with Gasteiger partial charge in [-0.15, -0.1) is 0 Å². The van der Waals surface area contributed by atoms with Crippen molar-refractivity contribution in [3.63, 3.8) is 0 Å². The molecular weight excluding hydrogens is 711 g/mol. The molecule has 268 valence electrons. The number of hydrogen-bond donors (Lipinski definition) is 0. The van der Waals surface area contributed by atoms with Crippen molar-refractivity contribution < 1.29 is 8.83 Å². The average Bonchev–Trinajstić information content (AvgIpc) is 3.96. The molecule has 13 rings (SSSR count). The maximum atomic E-state index is 6.67. The standard InChI is InChI=1S/C53H29N3O2/c1-2-12-31(13-3-1)51-54-52(56-53(55-51)40-22-11-25-46-50(40)39-18-6-7-23-44(39)57-46)38-27-26-34(32-16-4-5-17-33(32)38)35-21-10-24-45-49(35)43-28-41-36-19-8-14-30-15-9-20-37(48(30)36)42(41)29-47(43)58-45/h1-29H. The van der Waals surface area contributed by atoms with E-state index in [0.717, 1.165) is 82.5 Å². The Morgan fingerprint density at radius 2 is 0.793 bits per heavy atom. The molecule has 0 atom stereocenters. The van der Waals surface area contributed by atoms with Gasteiger partial charge in [0.1, 0.15) is 22.3 Å². The van der Waals surface area contributed by atoms with Crippen LogP contribution in [0.1, 0.15) is 0 Å². The highest BCUT2D eigenvalue weighted by Crippen LogP contribution is 2.51. The smallest absolute Gasteiger partial charge is 0.164 e. The van der Waals surface area contributed by atoms with Crippen molar-refractivity contribution in [2.24, 2.45) is 0 Å². The highest BCUT2D eigenvalue weighted by Gasteiger charge is 2.25. The van der Waals surface area contributed by atoms with Crippen LogP contribution in [0.25, 0.3) is 133 Å². The molecule has 0 aliphatic heterocycles. The van der Waals surface area contributed by atoms with E-state index in [1.54, 1.807) is 0 Å². The number of furan rings is 2. The number of para-hydroxylation sites is 1. The van der Waals surface area contributed by atoms with Crippen molar-refractivity contribution in [2.45, 2.75) is 0 Å². The van der Waals surface area contributed by atoms with Crippen LogP contribution < -0.4 is 0 Å². The summed E-state index contributed by atoms with van der Waals surface area (Å²) in [5, 5.41) is 8.95. The highest BCUT2D eigenvalue weighted by atomic mass is 16.3. The molecule has 9 aromatic carbocycles. The molecule has 0 N–H and O–H groups in total. The number of benzene rings is 9. The summed E-state index contributed by atoms with van der Waals surface area (Å²) in [4.78, 5) is 15.5. The fraction of sp³-hybridized carbons (Fsp3) is 0. The van der Waals surface area contributed by atoms with Crippen LogP contribution in [0.15, 0.2) is 185 Å². The Labute approximate surface area is 331 Å². The summed E-state index contributed by atoms with van der Waals surface area (Å²) in [5.41, 5.74) is 13.4. The molecule has 0 saturated carbocycles. The fourth-order valence-corrected chi connectivity index (χ4v) is 9.36. The lowest BCUT2D eigenvalue weighted by molar-refractivity contribution is 0.668. The van der Waals surface area contributed by atoms with E-state index in [2.05, 4.69) is 115 Å². The lowest BCUT2D eigenvalue weighted by atomic mass is 9.91. The molecule has 3 heterocycles. The summed E-state index contributed by atoms with van der Waals surface area (Å²) in [6, 6.07) is 61.4. The quantitative estimate of drug-likeness (QED) is 0.180. The predicted molar refractivity (Wildman–Crippen MR) is 236 cm³/mol. The number of fused-ring (bicyclic) bond motifs is 10. The summed E-state index contributed by atoms with van der Waals surface area (Å²) < 4.78 is 12.9. The number of rotatable bonds is 4. The van der Waals surface area contributed by atoms with E-state index in [0.29, 0.717) is 17.5 Å². The van der Waals surface area contributed by atoms with E-state index in [9.17, 15) is 0 Å². The lowest BCUT2D eigenvalue weighted by Gasteiger charge is -2.14. The van der Waals surface area contributed by atoms with Gasteiger partial charge in [0.2, 0.25) is 0 Å². The van der Waals surface area contributed by atoms with Crippen LogP contribution in [-0.4, -0.2) is 15.0 Å². The van der Waals surface area contributed by atoms with Gasteiger partial charge in [-0.3, -0.25) is 0 Å². The molecule has 12 aromatic rings. The van der Waals surface area contributed by atoms with Crippen LogP contribution in [0, 0.1) is 0 Å². The monoisotopic (exact) mass is 739 g/mol. The van der Waals surface area contributed by atoms with E-state index in [-0.39, 0.29) is 0 Å². The van der Waals surface area contributed by atoms with E-state index < -0.39 is 0 Å². The van der Waals surface area contributed by atoms with Gasteiger partial charge in [0.15, 0.2) is 17.5 Å². The zero-order valence-electron chi connectivity index (χ0n) is 30.9. The highest BCUT2D eigenvalue weighted by molar-refractivity contribution is 6.22. The summed E-state index contributed by atoms with van der Waals surface area (Å²) in [7, 11) is 0. The lowest BCUT2D eigenvalue weighted by Crippen LogP contribution is -2.01. The van der Waals surface area contributed by atoms with E-state index >= 15 is 0 Å². The Bertz CT molecular complexity index is 3690. The van der Waals surface area contributed by atoms with Gasteiger partial charge in [-0.1, -0.05) is 140 Å². The Morgan fingerprint density at radius 3 is 1.55 bits per heavy atom. The first-order valence-corrected chi connectivity index (χ1v) is 19.5. The van der Waals surface area contributed by atoms with Crippen LogP contribution in [0.2, 0.25) is 0 Å². The van der Waals surface area contributed by atoms with Crippen LogP contribution in [0.4, 0.5) is 0 Å². The summed E-state index contributed by atoms with van der Waals surface area (Å²) in [5.74, 6) is 1.81. The van der Waals surface area contributed by atoms with Crippen molar-refractivity contribution in [1.82, 2.24) is 15.0 Å². The summed E-state index contributed by atoms with van der Waals surface area (Å²) in [6.45, 7) is 0. The normalized spacial score (nSPS) is 12.1. The second-order valence-electron chi connectivity index (χ2n) is 15.0. The minimum Gasteiger partial charge on any atom is -0.456 e. The van der Waals surface area contributed by atoms with E-state index in [1.807, 2.05) is 60.7 Å². The molecule has 0 fully saturated rings. The minimum absolute atomic E-state index is 0.592. The van der Waals surface area contributed by atoms with Crippen molar-refractivity contribution in [3.8, 4) is 67.5 Å². The average molecular weight is 740 g/mol. The molecular formula is C53H29N3O2. The van der Waals surface area contributed by atoms with Crippen LogP contribution in [0.5, 0.6) is 0 Å². The molecule has 0 amide bonds. The summed E-state index contributed by atoms with van der Waals surface area (Å²) >= 11 is 0. The van der Waals surface area contributed by atoms with Crippen molar-refractivity contribution >= 4 is 65.4 Å². The van der Waals surface area contributed by atoms with Crippen molar-refractivity contribution in [3.05, 3.63) is 176 Å². The molecule has 58 heavy (non-hydrogen) atoms. The van der Waals surface area contributed by atoms with Crippen LogP contribution in [-0.2, 0) is 0 Å². The maximum absolute atomic E-state index is 6.67. The first-order valence-electron chi connectivity index (χ1n) is 19.5. The third-order valence-corrected chi connectivity index (χ3v) is 11.9. The minimum atomic E-state index is 0.592. The maximum Gasteiger partial charge on any atom is 0.164 e. The summed E-state index contributed by atoms with van der Waals surface area (Å²) in [6.07, 6.45) is 0. The molecule has 0 bridgehead atoms. The van der Waals surface area contributed by atoms with Crippen molar-refractivity contribution in [1.29, 1.82) is 0 Å². The van der Waals surface area contributed by atoms with Gasteiger partial charge in [-0.2, -0.15) is 0 Å². The molecule has 0 unspecified atom stereocenters. The second-order valence-corrected chi connectivity index (χ2v) is 15.0. The molecule has 0 saturated heterocycles. The Morgan fingerprint density at radius 1 is 0.276 bits per heavy atom. The van der Waals surface area contributed by atoms with Gasteiger partial charge in [0, 0.05) is 38.2 Å². The molecule has 0 spiro atoms. The SMILES string of the molecule is c1ccc(-c2nc(-c3ccc(-c4cccc5oc6cc7c(cc6c45)-c4cccc5cccc-7c45)c4ccccc34)nc(-c3cccc4oc5ccccc5c34)n2)cc1. The zero-order chi connectivity index (χ0) is 37.9. The van der Waals surface area contributed by atoms with E-state index in [4.69, 9.17) is 23.8 Å². The Hall–Kier alpha value is -7.89. The van der Waals surface area contributed by atoms with Gasteiger partial charge in [0.25, 0.3) is 0 Å². The molecule has 1 aliphatic rings. The number of hydrogen-bond acceptors (Lipinski definition) is 5. The van der Waals surface area contributed by atoms with Gasteiger partial charge in [-0.05, 0) is 91.3 Å². The molecule has 0 radical (unpaired) electrons. The van der Waals surface area contributed by atoms with Gasteiger partial charge in [0.05, 0.1) is 0 Å². The first-order chi connectivity index (χ1) is 28.7. The third-order valence-electron chi connectivity index (χ3n) is 11.9. The molecule has 1 aliphatic carbocycles. The zero-order valence-corrected chi connectivity index (χ0v) is 30.9. The number of nitrogens with zero attached hydrogens (tertiary/aromatic N) is 3. The predicted octanol–water partition coefficient (Wildman–Crippen LogP) is 14.3. The van der Waals surface area contributed by atoms with Crippen LogP contribution >= 0.6 is 0 Å². The van der Waals surface area contributed by atoms with Gasteiger partial charge in [-0.25, -0.2) is 15.0 Å². The topological polar surface area (TPSA) is 65.0 Å². The molecule has 5 heteroatoms. The number of aromatic nitrogens is 3. The largest absolute Gasteiger partial charge is 0.456 e. The molecule has 3 aromatic heterocycles. The second kappa shape index (κ2) is 11.8. The Kier molecular flexibility index (Phi) is 6.38. The van der Waals surface area contributed by atoms with Gasteiger partial charge < -0.3 is 8.83 Å². The van der Waals surface area contributed by atoms with Gasteiger partial charge >= 0.3 is 0 Å².